The Kier molecular flexibility index (Phi) is 2.94. The summed E-state index contributed by atoms with van der Waals surface area (Å²) in [5.41, 5.74) is 0.736. The second-order valence-electron chi connectivity index (χ2n) is 6.75. The molecule has 2 aliphatic rings. The second-order valence-corrected chi connectivity index (χ2v) is 9.26. The minimum absolute atomic E-state index is 0.315. The first-order chi connectivity index (χ1) is 10.4. The van der Waals surface area contributed by atoms with Crippen LogP contribution in [0.15, 0.2) is 24.4 Å². The van der Waals surface area contributed by atoms with Crippen molar-refractivity contribution in [3.05, 3.63) is 30.0 Å². The molecule has 2 aromatic rings. The Morgan fingerprint density at radius 3 is 2.64 bits per heavy atom. The van der Waals surface area contributed by atoms with Crippen LogP contribution in [0.3, 0.4) is 0 Å². The molecule has 2 aliphatic heterocycles. The molecule has 0 aliphatic carbocycles. The molecule has 0 spiro atoms. The Bertz CT molecular complexity index is 820. The van der Waals surface area contributed by atoms with Crippen LogP contribution in [0.2, 0.25) is 0 Å². The molecule has 118 valence electrons. The Balaban J connectivity index is 1.78. The molecule has 2 saturated heterocycles. The zero-order chi connectivity index (χ0) is 15.5. The molecule has 1 aromatic heterocycles. The third-order valence-electron chi connectivity index (χ3n) is 5.40. The predicted octanol–water partition coefficient (Wildman–Crippen LogP) is 1.89. The van der Waals surface area contributed by atoms with Crippen molar-refractivity contribution in [3.8, 4) is 0 Å². The average molecular weight is 320 g/mol. The molecule has 2 fully saturated rings. The van der Waals surface area contributed by atoms with E-state index in [9.17, 15) is 13.5 Å². The number of fused-ring (bicyclic) bond motifs is 3. The Labute approximate surface area is 129 Å². The van der Waals surface area contributed by atoms with Crippen LogP contribution in [0, 0.1) is 0 Å². The molecule has 2 unspecified atom stereocenters. The number of benzene rings is 1. The normalized spacial score (nSPS) is 33.9. The fourth-order valence-corrected chi connectivity index (χ4v) is 6.67. The zero-order valence-electron chi connectivity index (χ0n) is 12.6. The number of aliphatic hydroxyl groups is 1. The molecular formula is C16H20N2O3S. The van der Waals surface area contributed by atoms with Gasteiger partial charge in [-0.3, -0.25) is 4.68 Å². The number of aryl methyl sites for hydroxylation is 1. The van der Waals surface area contributed by atoms with Crippen molar-refractivity contribution in [2.45, 2.75) is 48.2 Å². The highest BCUT2D eigenvalue weighted by atomic mass is 32.2. The topological polar surface area (TPSA) is 72.2 Å². The second kappa shape index (κ2) is 4.55. The van der Waals surface area contributed by atoms with Crippen molar-refractivity contribution in [3.63, 3.8) is 0 Å². The summed E-state index contributed by atoms with van der Waals surface area (Å²) in [5, 5.41) is 15.6. The number of nitrogens with zero attached hydrogens (tertiary/aromatic N) is 2. The number of sulfone groups is 1. The number of hydrogen-bond donors (Lipinski definition) is 1. The van der Waals surface area contributed by atoms with E-state index in [-0.39, 0.29) is 0 Å². The largest absolute Gasteiger partial charge is 0.385 e. The van der Waals surface area contributed by atoms with Gasteiger partial charge in [0.25, 0.3) is 0 Å². The van der Waals surface area contributed by atoms with Crippen LogP contribution in [0.4, 0.5) is 0 Å². The Morgan fingerprint density at radius 1 is 1.27 bits per heavy atom. The van der Waals surface area contributed by atoms with E-state index in [1.54, 1.807) is 10.9 Å². The molecule has 6 heteroatoms. The monoisotopic (exact) mass is 320 g/mol. The first-order valence-corrected chi connectivity index (χ1v) is 9.38. The smallest absolute Gasteiger partial charge is 0.156 e. The summed E-state index contributed by atoms with van der Waals surface area (Å²) < 4.78 is 26.6. The molecule has 0 amide bonds. The van der Waals surface area contributed by atoms with Crippen molar-refractivity contribution < 1.29 is 13.5 Å². The average Bonchev–Trinajstić information content (AvgIpc) is 2.82. The summed E-state index contributed by atoms with van der Waals surface area (Å²) in [6.45, 7) is 0. The van der Waals surface area contributed by atoms with Crippen LogP contribution >= 0.6 is 0 Å². The Hall–Kier alpha value is -1.40. The first kappa shape index (κ1) is 14.2. The summed E-state index contributed by atoms with van der Waals surface area (Å²) in [6, 6.07) is 5.82. The lowest BCUT2D eigenvalue weighted by atomic mass is 9.80. The summed E-state index contributed by atoms with van der Waals surface area (Å²) in [7, 11) is -1.19. The van der Waals surface area contributed by atoms with Gasteiger partial charge in [-0.25, -0.2) is 8.42 Å². The van der Waals surface area contributed by atoms with E-state index in [1.807, 2.05) is 25.2 Å². The van der Waals surface area contributed by atoms with Gasteiger partial charge in [0.1, 0.15) is 0 Å². The van der Waals surface area contributed by atoms with Crippen LogP contribution in [0.5, 0.6) is 0 Å². The van der Waals surface area contributed by atoms with Gasteiger partial charge in [0.2, 0.25) is 0 Å². The highest BCUT2D eigenvalue weighted by Crippen LogP contribution is 2.46. The van der Waals surface area contributed by atoms with Crippen LogP contribution in [-0.2, 0) is 22.5 Å². The molecule has 0 saturated carbocycles. The van der Waals surface area contributed by atoms with Crippen LogP contribution in [0.1, 0.15) is 37.7 Å². The quantitative estimate of drug-likeness (QED) is 0.871. The summed E-state index contributed by atoms with van der Waals surface area (Å²) >= 11 is 0. The van der Waals surface area contributed by atoms with Gasteiger partial charge < -0.3 is 5.11 Å². The molecule has 5 nitrogen and oxygen atoms in total. The van der Waals surface area contributed by atoms with E-state index >= 15 is 0 Å². The standard InChI is InChI=1S/C16H20N2O3S/c1-18-15-7-12(6-5-11(15)10-17-18)16(19)8-13-3-2-4-14(9-16)22(13,20)21/h5-7,10,13-14,19H,2-4,8-9H2,1H3. The molecule has 0 radical (unpaired) electrons. The Morgan fingerprint density at radius 2 is 1.95 bits per heavy atom. The van der Waals surface area contributed by atoms with E-state index in [4.69, 9.17) is 0 Å². The molecule has 1 aromatic carbocycles. The van der Waals surface area contributed by atoms with E-state index in [1.165, 1.54) is 0 Å². The van der Waals surface area contributed by atoms with Gasteiger partial charge >= 0.3 is 0 Å². The maximum absolute atomic E-state index is 12.4. The fraction of sp³-hybridized carbons (Fsp3) is 0.562. The maximum atomic E-state index is 12.4. The molecule has 4 rings (SSSR count). The molecular weight excluding hydrogens is 300 g/mol. The van der Waals surface area contributed by atoms with Crippen molar-refractivity contribution in [1.82, 2.24) is 9.78 Å². The van der Waals surface area contributed by atoms with E-state index in [2.05, 4.69) is 5.10 Å². The predicted molar refractivity (Wildman–Crippen MR) is 84.2 cm³/mol. The first-order valence-electron chi connectivity index (χ1n) is 7.77. The molecule has 3 heterocycles. The SMILES string of the molecule is Cn1ncc2ccc(C3(O)CC4CCCC(C3)S4(=O)=O)cc21. The minimum atomic E-state index is -3.06. The fourth-order valence-electron chi connectivity index (χ4n) is 4.12. The van der Waals surface area contributed by atoms with Gasteiger partial charge in [-0.05, 0) is 37.3 Å². The minimum Gasteiger partial charge on any atom is -0.385 e. The number of hydrogen-bond acceptors (Lipinski definition) is 4. The number of aromatic nitrogens is 2. The third kappa shape index (κ3) is 1.93. The third-order valence-corrected chi connectivity index (χ3v) is 8.06. The van der Waals surface area contributed by atoms with Crippen LogP contribution < -0.4 is 0 Å². The van der Waals surface area contributed by atoms with Gasteiger partial charge in [-0.2, -0.15) is 5.10 Å². The van der Waals surface area contributed by atoms with Gasteiger partial charge in [-0.15, -0.1) is 0 Å². The van der Waals surface area contributed by atoms with Crippen molar-refractivity contribution in [1.29, 1.82) is 0 Å². The number of rotatable bonds is 1. The van der Waals surface area contributed by atoms with Crippen molar-refractivity contribution in [2.24, 2.45) is 7.05 Å². The lowest BCUT2D eigenvalue weighted by Gasteiger charge is -2.44. The molecule has 1 N–H and O–H groups in total. The van der Waals surface area contributed by atoms with Crippen LogP contribution in [0.25, 0.3) is 10.9 Å². The van der Waals surface area contributed by atoms with E-state index < -0.39 is 25.9 Å². The lowest BCUT2D eigenvalue weighted by molar-refractivity contribution is 0.00511. The molecule has 22 heavy (non-hydrogen) atoms. The van der Waals surface area contributed by atoms with E-state index in [0.29, 0.717) is 25.7 Å². The van der Waals surface area contributed by atoms with Crippen molar-refractivity contribution >= 4 is 20.7 Å². The highest BCUT2D eigenvalue weighted by molar-refractivity contribution is 7.92. The maximum Gasteiger partial charge on any atom is 0.156 e. The molecule has 2 atom stereocenters. The van der Waals surface area contributed by atoms with Crippen LogP contribution in [-0.4, -0.2) is 33.8 Å². The van der Waals surface area contributed by atoms with Gasteiger partial charge in [0.15, 0.2) is 9.84 Å². The van der Waals surface area contributed by atoms with Gasteiger partial charge in [0.05, 0.1) is 27.8 Å². The highest BCUT2D eigenvalue weighted by Gasteiger charge is 2.50. The van der Waals surface area contributed by atoms with Crippen molar-refractivity contribution in [2.75, 3.05) is 0 Å². The summed E-state index contributed by atoms with van der Waals surface area (Å²) in [4.78, 5) is 0. The van der Waals surface area contributed by atoms with E-state index in [0.717, 1.165) is 22.9 Å². The summed E-state index contributed by atoms with van der Waals surface area (Å²) in [6.07, 6.45) is 4.73. The summed E-state index contributed by atoms with van der Waals surface area (Å²) in [5.74, 6) is 0. The van der Waals surface area contributed by atoms with Gasteiger partial charge in [-0.1, -0.05) is 18.6 Å². The lowest BCUT2D eigenvalue weighted by Crippen LogP contribution is -2.50. The molecule has 2 bridgehead atoms. The zero-order valence-corrected chi connectivity index (χ0v) is 13.4. The van der Waals surface area contributed by atoms with Gasteiger partial charge in [0, 0.05) is 12.4 Å².